The van der Waals surface area contributed by atoms with Crippen LogP contribution in [0, 0.1) is 18.3 Å². The average molecular weight is 626 g/mol. The fourth-order valence-electron chi connectivity index (χ4n) is 4.91. The lowest BCUT2D eigenvalue weighted by molar-refractivity contribution is -0.141. The Kier molecular flexibility index (Phi) is 22.2. The minimum atomic E-state index is -1.03. The SMILES string of the molecule is C#CCCC(NC(=O)C1CCCN1C(=O)C(NC(=O)NC)C1Cc2ccccc2C1)C(=O)C=O.C=CCNC.CCC.CCC. The zero-order valence-corrected chi connectivity index (χ0v) is 28.1. The molecule has 1 saturated heterocycles. The molecule has 0 radical (unpaired) electrons. The molecule has 1 aliphatic heterocycles. The summed E-state index contributed by atoms with van der Waals surface area (Å²) >= 11 is 0. The number of likely N-dealkylation sites (N-methyl/N-ethyl adjacent to an activating group) is 1. The number of urea groups is 1. The van der Waals surface area contributed by atoms with Crippen LogP contribution in [-0.2, 0) is 32.0 Å². The molecule has 0 aromatic heterocycles. The number of terminal acetylenes is 1. The molecule has 1 fully saturated rings. The van der Waals surface area contributed by atoms with Gasteiger partial charge in [0.25, 0.3) is 0 Å². The predicted molar refractivity (Wildman–Crippen MR) is 181 cm³/mol. The van der Waals surface area contributed by atoms with Crippen molar-refractivity contribution in [3.05, 3.63) is 48.0 Å². The lowest BCUT2D eigenvalue weighted by Crippen LogP contribution is -2.58. The van der Waals surface area contributed by atoms with Crippen LogP contribution < -0.4 is 21.3 Å². The number of hydrogen-bond donors (Lipinski definition) is 4. The average Bonchev–Trinajstić information content (AvgIpc) is 3.70. The molecule has 2 aliphatic rings. The second kappa shape index (κ2) is 24.4. The van der Waals surface area contributed by atoms with Crippen LogP contribution in [0.5, 0.6) is 0 Å². The fraction of sp³-hybridized carbons (Fsp3) is 0.571. The Morgan fingerprint density at radius 3 is 2.07 bits per heavy atom. The molecule has 1 heterocycles. The van der Waals surface area contributed by atoms with Crippen LogP contribution in [0.4, 0.5) is 4.79 Å². The van der Waals surface area contributed by atoms with Crippen molar-refractivity contribution in [2.45, 2.75) is 97.2 Å². The van der Waals surface area contributed by atoms with Gasteiger partial charge in [-0.2, -0.15) is 0 Å². The molecule has 3 rings (SSSR count). The minimum Gasteiger partial charge on any atom is -0.344 e. The quantitative estimate of drug-likeness (QED) is 0.128. The number of nitrogens with one attached hydrogen (secondary N) is 4. The summed E-state index contributed by atoms with van der Waals surface area (Å²) in [6.45, 7) is 13.3. The van der Waals surface area contributed by atoms with Crippen molar-refractivity contribution >= 4 is 29.9 Å². The first kappa shape index (κ1) is 41.0. The summed E-state index contributed by atoms with van der Waals surface area (Å²) in [5.74, 6) is 0.650. The van der Waals surface area contributed by atoms with Crippen LogP contribution in [0.3, 0.4) is 0 Å². The van der Waals surface area contributed by atoms with Gasteiger partial charge >= 0.3 is 6.03 Å². The number of fused-ring (bicyclic) bond motifs is 1. The summed E-state index contributed by atoms with van der Waals surface area (Å²) in [4.78, 5) is 63.3. The Morgan fingerprint density at radius 2 is 1.62 bits per heavy atom. The number of carbonyl (C=O) groups excluding carboxylic acids is 5. The van der Waals surface area contributed by atoms with Gasteiger partial charge in [0.05, 0.1) is 6.04 Å². The fourth-order valence-corrected chi connectivity index (χ4v) is 4.91. The molecule has 3 atom stereocenters. The second-order valence-corrected chi connectivity index (χ2v) is 10.9. The summed E-state index contributed by atoms with van der Waals surface area (Å²) in [7, 11) is 3.37. The highest BCUT2D eigenvalue weighted by molar-refractivity contribution is 6.28. The van der Waals surface area contributed by atoms with Gasteiger partial charge in [-0.05, 0) is 56.2 Å². The molecule has 0 bridgehead atoms. The Labute approximate surface area is 270 Å². The van der Waals surface area contributed by atoms with Crippen molar-refractivity contribution in [3.63, 3.8) is 0 Å². The van der Waals surface area contributed by atoms with Gasteiger partial charge in [-0.3, -0.25) is 19.2 Å². The molecular formula is C35H55N5O5. The Bertz CT molecular complexity index is 1090. The Morgan fingerprint density at radius 1 is 1.04 bits per heavy atom. The van der Waals surface area contributed by atoms with E-state index in [1.807, 2.05) is 37.4 Å². The van der Waals surface area contributed by atoms with Crippen molar-refractivity contribution < 1.29 is 24.0 Å². The molecule has 1 aliphatic carbocycles. The smallest absolute Gasteiger partial charge is 0.315 e. The number of nitrogens with zero attached hydrogens (tertiary/aromatic N) is 1. The van der Waals surface area contributed by atoms with E-state index in [0.717, 1.165) is 17.7 Å². The molecule has 1 aromatic carbocycles. The number of carbonyl (C=O) groups is 5. The van der Waals surface area contributed by atoms with Crippen molar-refractivity contribution in [1.29, 1.82) is 0 Å². The highest BCUT2D eigenvalue weighted by atomic mass is 16.2. The summed E-state index contributed by atoms with van der Waals surface area (Å²) in [5, 5.41) is 10.8. The normalized spacial score (nSPS) is 15.8. The second-order valence-electron chi connectivity index (χ2n) is 10.9. The molecule has 4 N–H and O–H groups in total. The summed E-state index contributed by atoms with van der Waals surface area (Å²) in [5.41, 5.74) is 2.28. The van der Waals surface area contributed by atoms with Crippen molar-refractivity contribution in [1.82, 2.24) is 26.2 Å². The van der Waals surface area contributed by atoms with Crippen LogP contribution in [0.2, 0.25) is 0 Å². The summed E-state index contributed by atoms with van der Waals surface area (Å²) in [6.07, 6.45) is 12.4. The largest absolute Gasteiger partial charge is 0.344 e. The van der Waals surface area contributed by atoms with E-state index in [0.29, 0.717) is 32.2 Å². The van der Waals surface area contributed by atoms with E-state index in [4.69, 9.17) is 6.42 Å². The van der Waals surface area contributed by atoms with E-state index in [9.17, 15) is 24.0 Å². The highest BCUT2D eigenvalue weighted by Gasteiger charge is 2.42. The van der Waals surface area contributed by atoms with Crippen molar-refractivity contribution in [3.8, 4) is 12.3 Å². The van der Waals surface area contributed by atoms with Gasteiger partial charge in [0.15, 0.2) is 6.29 Å². The van der Waals surface area contributed by atoms with E-state index < -0.39 is 35.8 Å². The van der Waals surface area contributed by atoms with Crippen LogP contribution in [0.1, 0.15) is 77.3 Å². The van der Waals surface area contributed by atoms with Crippen molar-refractivity contribution in [2.75, 3.05) is 27.2 Å². The third kappa shape index (κ3) is 14.6. The van der Waals surface area contributed by atoms with Gasteiger partial charge in [-0.15, -0.1) is 18.9 Å². The third-order valence-corrected chi connectivity index (χ3v) is 6.87. The summed E-state index contributed by atoms with van der Waals surface area (Å²) < 4.78 is 0. The Balaban J connectivity index is 0.00000153. The predicted octanol–water partition coefficient (Wildman–Crippen LogP) is 3.58. The number of likely N-dealkylation sites (tertiary alicyclic amines) is 1. The van der Waals surface area contributed by atoms with Gasteiger partial charge in [-0.1, -0.05) is 70.9 Å². The van der Waals surface area contributed by atoms with E-state index in [2.05, 4.69) is 61.5 Å². The van der Waals surface area contributed by atoms with E-state index in [1.54, 1.807) is 0 Å². The number of amides is 4. The monoisotopic (exact) mass is 625 g/mol. The Hall–Kier alpha value is -3.97. The zero-order valence-electron chi connectivity index (χ0n) is 28.1. The van der Waals surface area contributed by atoms with Gasteiger partial charge < -0.3 is 26.2 Å². The number of ketones is 1. The lowest BCUT2D eigenvalue weighted by atomic mass is 9.95. The molecule has 4 amide bonds. The van der Waals surface area contributed by atoms with Crippen LogP contribution in [-0.4, -0.2) is 80.1 Å². The zero-order chi connectivity index (χ0) is 34.2. The summed E-state index contributed by atoms with van der Waals surface area (Å²) in [6, 6.07) is 4.83. The first-order chi connectivity index (χ1) is 21.6. The van der Waals surface area contributed by atoms with Gasteiger partial charge in [0.2, 0.25) is 17.6 Å². The maximum absolute atomic E-state index is 13.7. The van der Waals surface area contributed by atoms with Crippen LogP contribution in [0.15, 0.2) is 36.9 Å². The molecule has 1 aromatic rings. The highest BCUT2D eigenvalue weighted by Crippen LogP contribution is 2.31. The van der Waals surface area contributed by atoms with E-state index in [1.165, 1.54) is 24.8 Å². The number of rotatable bonds is 11. The van der Waals surface area contributed by atoms with Gasteiger partial charge in [0.1, 0.15) is 12.1 Å². The topological polar surface area (TPSA) is 137 Å². The maximum atomic E-state index is 13.7. The molecule has 250 valence electrons. The molecule has 45 heavy (non-hydrogen) atoms. The van der Waals surface area contributed by atoms with Crippen LogP contribution in [0.25, 0.3) is 0 Å². The minimum absolute atomic E-state index is 0.141. The standard InChI is InChI=1S/C25H30N4O5.C4H9N.2C3H8/c1-3-4-10-19(21(31)15-30)27-23(32)20-11-7-12-29(20)24(33)22(28-25(34)26-2)18-13-16-8-5-6-9-17(16)14-18;1-3-4-5-2;2*1-3-2/h1,5-6,8-9,15,18-20,22H,4,7,10-14H2,2H3,(H,27,32)(H2,26,28,34);3,5H,1,4H2,2H3;2*3H2,1-2H3. The molecular weight excluding hydrogens is 570 g/mol. The molecule has 0 spiro atoms. The molecule has 0 saturated carbocycles. The van der Waals surface area contributed by atoms with Gasteiger partial charge in [-0.25, -0.2) is 4.79 Å². The first-order valence-electron chi connectivity index (χ1n) is 16.0. The number of aldehydes is 1. The van der Waals surface area contributed by atoms with Crippen molar-refractivity contribution in [2.24, 2.45) is 5.92 Å². The molecule has 3 unspecified atom stereocenters. The third-order valence-electron chi connectivity index (χ3n) is 6.87. The van der Waals surface area contributed by atoms with E-state index >= 15 is 0 Å². The maximum Gasteiger partial charge on any atom is 0.315 e. The van der Waals surface area contributed by atoms with Gasteiger partial charge in [0, 0.05) is 26.6 Å². The number of hydrogen-bond acceptors (Lipinski definition) is 6. The lowest BCUT2D eigenvalue weighted by Gasteiger charge is -2.32. The van der Waals surface area contributed by atoms with Crippen LogP contribution >= 0.6 is 0 Å². The van der Waals surface area contributed by atoms with E-state index in [-0.39, 0.29) is 31.0 Å². The first-order valence-corrected chi connectivity index (χ1v) is 16.0. The number of Topliss-reactive ketones (excluding diaryl/α,β-unsaturated/α-hetero) is 1. The number of benzene rings is 1. The molecule has 10 heteroatoms. The molecule has 10 nitrogen and oxygen atoms in total.